The Balaban J connectivity index is 2.07. The first-order chi connectivity index (χ1) is 8.31. The van der Waals surface area contributed by atoms with Crippen LogP contribution in [0.3, 0.4) is 0 Å². The summed E-state index contributed by atoms with van der Waals surface area (Å²) in [6.45, 7) is 2.27. The molecule has 1 aliphatic rings. The second-order valence-electron chi connectivity index (χ2n) is 5.16. The zero-order chi connectivity index (χ0) is 12.1. The van der Waals surface area contributed by atoms with E-state index in [9.17, 15) is 0 Å². The predicted molar refractivity (Wildman–Crippen MR) is 71.1 cm³/mol. The lowest BCUT2D eigenvalue weighted by Gasteiger charge is -2.34. The van der Waals surface area contributed by atoms with E-state index in [1.54, 1.807) is 0 Å². The van der Waals surface area contributed by atoms with Gasteiger partial charge >= 0.3 is 0 Å². The van der Waals surface area contributed by atoms with Crippen LogP contribution in [0, 0.1) is 0 Å². The first kappa shape index (κ1) is 12.6. The van der Waals surface area contributed by atoms with Gasteiger partial charge in [-0.1, -0.05) is 43.2 Å². The van der Waals surface area contributed by atoms with Crippen molar-refractivity contribution in [3.05, 3.63) is 35.9 Å². The Labute approximate surface area is 104 Å². The van der Waals surface area contributed by atoms with E-state index in [-0.39, 0.29) is 12.6 Å². The molecule has 2 rings (SSSR count). The summed E-state index contributed by atoms with van der Waals surface area (Å²) in [5, 5.41) is 12.7. The van der Waals surface area contributed by atoms with Crippen LogP contribution >= 0.6 is 0 Å². The quantitative estimate of drug-likeness (QED) is 0.838. The minimum atomic E-state index is 0.198. The Kier molecular flexibility index (Phi) is 4.57. The summed E-state index contributed by atoms with van der Waals surface area (Å²) >= 11 is 0. The van der Waals surface area contributed by atoms with Gasteiger partial charge in [-0.25, -0.2) is 0 Å². The molecule has 0 heterocycles. The molecule has 0 radical (unpaired) electrons. The first-order valence-corrected chi connectivity index (χ1v) is 6.73. The van der Waals surface area contributed by atoms with Crippen molar-refractivity contribution in [2.75, 3.05) is 6.61 Å². The van der Waals surface area contributed by atoms with Crippen LogP contribution in [0.2, 0.25) is 0 Å². The van der Waals surface area contributed by atoms with E-state index in [2.05, 4.69) is 42.6 Å². The van der Waals surface area contributed by atoms with E-state index in [1.807, 2.05) is 0 Å². The third kappa shape index (κ3) is 3.30. The van der Waals surface area contributed by atoms with E-state index < -0.39 is 0 Å². The molecule has 1 aromatic rings. The lowest BCUT2D eigenvalue weighted by molar-refractivity contribution is 0.218. The monoisotopic (exact) mass is 233 g/mol. The summed E-state index contributed by atoms with van der Waals surface area (Å²) in [7, 11) is 0. The highest BCUT2D eigenvalue weighted by atomic mass is 16.3. The molecule has 3 atom stereocenters. The summed E-state index contributed by atoms with van der Waals surface area (Å²) in [6, 6.07) is 11.5. The normalized spacial score (nSPS) is 26.7. The van der Waals surface area contributed by atoms with Gasteiger partial charge in [0.15, 0.2) is 0 Å². The van der Waals surface area contributed by atoms with Crippen molar-refractivity contribution in [1.82, 2.24) is 5.32 Å². The molecule has 2 N–H and O–H groups in total. The fraction of sp³-hybridized carbons (Fsp3) is 0.600. The number of hydrogen-bond acceptors (Lipinski definition) is 2. The molecule has 1 fully saturated rings. The zero-order valence-corrected chi connectivity index (χ0v) is 10.6. The number of aliphatic hydroxyl groups is 1. The number of benzene rings is 1. The molecule has 17 heavy (non-hydrogen) atoms. The molecule has 0 aromatic heterocycles. The fourth-order valence-electron chi connectivity index (χ4n) is 2.85. The number of hydrogen-bond donors (Lipinski definition) is 2. The Morgan fingerprint density at radius 2 is 1.94 bits per heavy atom. The minimum absolute atomic E-state index is 0.198. The molecule has 0 amide bonds. The molecule has 0 spiro atoms. The van der Waals surface area contributed by atoms with Gasteiger partial charge in [0.05, 0.1) is 6.61 Å². The van der Waals surface area contributed by atoms with E-state index in [1.165, 1.54) is 31.2 Å². The van der Waals surface area contributed by atoms with Crippen molar-refractivity contribution >= 4 is 0 Å². The zero-order valence-electron chi connectivity index (χ0n) is 10.6. The van der Waals surface area contributed by atoms with Crippen LogP contribution in [0.4, 0.5) is 0 Å². The van der Waals surface area contributed by atoms with Crippen LogP contribution in [0.5, 0.6) is 0 Å². The largest absolute Gasteiger partial charge is 0.395 e. The van der Waals surface area contributed by atoms with Crippen molar-refractivity contribution < 1.29 is 5.11 Å². The average Bonchev–Trinajstić information content (AvgIpc) is 2.40. The van der Waals surface area contributed by atoms with Gasteiger partial charge in [0, 0.05) is 12.1 Å². The molecule has 0 bridgehead atoms. The van der Waals surface area contributed by atoms with Gasteiger partial charge in [0.2, 0.25) is 0 Å². The van der Waals surface area contributed by atoms with Gasteiger partial charge in [-0.15, -0.1) is 0 Å². The van der Waals surface area contributed by atoms with Crippen molar-refractivity contribution in [3.63, 3.8) is 0 Å². The van der Waals surface area contributed by atoms with E-state index >= 15 is 0 Å². The second kappa shape index (κ2) is 6.18. The summed E-state index contributed by atoms with van der Waals surface area (Å²) < 4.78 is 0. The lowest BCUT2D eigenvalue weighted by atomic mass is 9.80. The molecular formula is C15H23NO. The molecule has 1 aromatic carbocycles. The lowest BCUT2D eigenvalue weighted by Crippen LogP contribution is -2.43. The van der Waals surface area contributed by atoms with Gasteiger partial charge in [-0.3, -0.25) is 0 Å². The van der Waals surface area contributed by atoms with Crippen LogP contribution in [-0.4, -0.2) is 23.8 Å². The van der Waals surface area contributed by atoms with Crippen LogP contribution < -0.4 is 5.32 Å². The number of nitrogens with one attached hydrogen (secondary N) is 1. The Morgan fingerprint density at radius 3 is 2.65 bits per heavy atom. The smallest absolute Gasteiger partial charge is 0.0582 e. The maximum absolute atomic E-state index is 9.16. The Hall–Kier alpha value is -0.860. The molecule has 1 aliphatic carbocycles. The Morgan fingerprint density at radius 1 is 1.24 bits per heavy atom. The Bertz CT molecular complexity index is 325. The third-order valence-corrected chi connectivity index (χ3v) is 3.77. The molecule has 0 saturated heterocycles. The first-order valence-electron chi connectivity index (χ1n) is 6.73. The highest BCUT2D eigenvalue weighted by Gasteiger charge is 2.26. The molecule has 2 nitrogen and oxygen atoms in total. The second-order valence-corrected chi connectivity index (χ2v) is 5.16. The van der Waals surface area contributed by atoms with Gasteiger partial charge < -0.3 is 10.4 Å². The fourth-order valence-corrected chi connectivity index (χ4v) is 2.85. The molecule has 1 saturated carbocycles. The van der Waals surface area contributed by atoms with E-state index in [0.29, 0.717) is 12.0 Å². The van der Waals surface area contributed by atoms with Crippen molar-refractivity contribution in [3.8, 4) is 0 Å². The van der Waals surface area contributed by atoms with Gasteiger partial charge in [-0.05, 0) is 31.2 Å². The van der Waals surface area contributed by atoms with E-state index in [4.69, 9.17) is 5.11 Å². The van der Waals surface area contributed by atoms with Gasteiger partial charge in [0.1, 0.15) is 0 Å². The van der Waals surface area contributed by atoms with Gasteiger partial charge in [-0.2, -0.15) is 0 Å². The standard InChI is InChI=1S/C15H23NO/c1-12(11-17)16-15-10-6-5-9-14(15)13-7-3-2-4-8-13/h2-4,7-8,12,14-17H,5-6,9-11H2,1H3. The molecular weight excluding hydrogens is 210 g/mol. The number of rotatable bonds is 4. The summed E-state index contributed by atoms with van der Waals surface area (Å²) in [5.41, 5.74) is 1.44. The predicted octanol–water partition coefficient (Wildman–Crippen LogP) is 2.68. The summed E-state index contributed by atoms with van der Waals surface area (Å²) in [6.07, 6.45) is 5.12. The highest BCUT2D eigenvalue weighted by molar-refractivity contribution is 5.22. The summed E-state index contributed by atoms with van der Waals surface area (Å²) in [4.78, 5) is 0. The van der Waals surface area contributed by atoms with Crippen molar-refractivity contribution in [2.45, 2.75) is 50.6 Å². The SMILES string of the molecule is CC(CO)NC1CCCCC1c1ccccc1. The number of aliphatic hydroxyl groups excluding tert-OH is 1. The minimum Gasteiger partial charge on any atom is -0.395 e. The molecule has 2 heteroatoms. The van der Waals surface area contributed by atoms with E-state index in [0.717, 1.165) is 0 Å². The summed E-state index contributed by atoms with van der Waals surface area (Å²) in [5.74, 6) is 0.610. The topological polar surface area (TPSA) is 32.3 Å². The maximum atomic E-state index is 9.16. The van der Waals surface area contributed by atoms with Crippen LogP contribution in [0.25, 0.3) is 0 Å². The third-order valence-electron chi connectivity index (χ3n) is 3.77. The van der Waals surface area contributed by atoms with Crippen molar-refractivity contribution in [1.29, 1.82) is 0 Å². The molecule has 94 valence electrons. The average molecular weight is 233 g/mol. The van der Waals surface area contributed by atoms with Crippen molar-refractivity contribution in [2.24, 2.45) is 0 Å². The molecule has 0 aliphatic heterocycles. The molecule has 3 unspecified atom stereocenters. The maximum Gasteiger partial charge on any atom is 0.0582 e. The van der Waals surface area contributed by atoms with Crippen LogP contribution in [0.1, 0.15) is 44.1 Å². The van der Waals surface area contributed by atoms with Crippen LogP contribution in [-0.2, 0) is 0 Å². The van der Waals surface area contributed by atoms with Crippen LogP contribution in [0.15, 0.2) is 30.3 Å². The highest BCUT2D eigenvalue weighted by Crippen LogP contribution is 2.33. The van der Waals surface area contributed by atoms with Gasteiger partial charge in [0.25, 0.3) is 0 Å².